The molecule has 0 spiro atoms. The summed E-state index contributed by atoms with van der Waals surface area (Å²) in [7, 11) is -2.87. The molecule has 3 rings (SSSR count). The molecule has 1 aromatic carbocycles. The van der Waals surface area contributed by atoms with Gasteiger partial charge in [0.25, 0.3) is 0 Å². The fourth-order valence-electron chi connectivity index (χ4n) is 2.14. The molecule has 1 saturated heterocycles. The first-order valence-corrected chi connectivity index (χ1v) is 7.63. The van der Waals surface area contributed by atoms with Crippen molar-refractivity contribution in [3.63, 3.8) is 0 Å². The lowest BCUT2D eigenvalue weighted by Gasteiger charge is -2.11. The van der Waals surface area contributed by atoms with Gasteiger partial charge in [-0.25, -0.2) is 13.4 Å². The number of benzene rings is 1. The lowest BCUT2D eigenvalue weighted by atomic mass is 10.2. The van der Waals surface area contributed by atoms with Crippen LogP contribution in [0.4, 0.5) is 5.82 Å². The van der Waals surface area contributed by atoms with Crippen molar-refractivity contribution in [1.82, 2.24) is 9.97 Å². The standard InChI is InChI=1S/C12H13N3O2S/c16-18(17)6-5-9(8-18)14-12-7-13-10-3-1-2-4-11(10)15-12/h1-4,7,9H,5-6,8H2,(H,14,15). The van der Waals surface area contributed by atoms with E-state index in [1.54, 1.807) is 6.20 Å². The molecule has 0 saturated carbocycles. The Kier molecular flexibility index (Phi) is 2.66. The molecule has 94 valence electrons. The molecule has 2 aromatic rings. The molecule has 1 aliphatic rings. The van der Waals surface area contributed by atoms with Crippen molar-refractivity contribution in [1.29, 1.82) is 0 Å². The zero-order valence-corrected chi connectivity index (χ0v) is 10.5. The Morgan fingerprint density at radius 2 is 2.00 bits per heavy atom. The molecule has 1 unspecified atom stereocenters. The summed E-state index contributed by atoms with van der Waals surface area (Å²) in [6.07, 6.45) is 2.28. The number of nitrogens with one attached hydrogen (secondary N) is 1. The second-order valence-corrected chi connectivity index (χ2v) is 6.72. The molecule has 1 atom stereocenters. The maximum Gasteiger partial charge on any atom is 0.152 e. The number of sulfone groups is 1. The first kappa shape index (κ1) is 11.4. The number of rotatable bonds is 2. The molecule has 0 bridgehead atoms. The van der Waals surface area contributed by atoms with Gasteiger partial charge in [0.05, 0.1) is 28.7 Å². The van der Waals surface area contributed by atoms with E-state index in [0.29, 0.717) is 12.2 Å². The third kappa shape index (κ3) is 2.28. The Labute approximate surface area is 105 Å². The SMILES string of the molecule is O=S1(=O)CCC(Nc2cnc3ccccc3n2)C1. The Hall–Kier alpha value is -1.69. The molecule has 1 aromatic heterocycles. The molecule has 5 nitrogen and oxygen atoms in total. The van der Waals surface area contributed by atoms with E-state index in [1.165, 1.54) is 0 Å². The third-order valence-electron chi connectivity index (χ3n) is 3.03. The Balaban J connectivity index is 1.83. The molecule has 2 heterocycles. The van der Waals surface area contributed by atoms with Gasteiger partial charge in [-0.1, -0.05) is 12.1 Å². The van der Waals surface area contributed by atoms with Crippen molar-refractivity contribution in [2.75, 3.05) is 16.8 Å². The zero-order chi connectivity index (χ0) is 12.6. The van der Waals surface area contributed by atoms with Crippen molar-refractivity contribution in [2.45, 2.75) is 12.5 Å². The predicted molar refractivity (Wildman–Crippen MR) is 70.2 cm³/mol. The fraction of sp³-hybridized carbons (Fsp3) is 0.333. The van der Waals surface area contributed by atoms with Gasteiger partial charge in [-0.15, -0.1) is 0 Å². The van der Waals surface area contributed by atoms with Gasteiger partial charge in [0.15, 0.2) is 9.84 Å². The Morgan fingerprint density at radius 1 is 1.22 bits per heavy atom. The van der Waals surface area contributed by atoms with Crippen LogP contribution in [0.5, 0.6) is 0 Å². The largest absolute Gasteiger partial charge is 0.365 e. The van der Waals surface area contributed by atoms with E-state index in [0.717, 1.165) is 11.0 Å². The minimum atomic E-state index is -2.87. The lowest BCUT2D eigenvalue weighted by Crippen LogP contribution is -2.21. The highest BCUT2D eigenvalue weighted by Crippen LogP contribution is 2.17. The molecule has 1 fully saturated rings. The smallest absolute Gasteiger partial charge is 0.152 e. The molecule has 18 heavy (non-hydrogen) atoms. The zero-order valence-electron chi connectivity index (χ0n) is 9.70. The van der Waals surface area contributed by atoms with Crippen molar-refractivity contribution in [2.24, 2.45) is 0 Å². The summed E-state index contributed by atoms with van der Waals surface area (Å²) >= 11 is 0. The molecule has 6 heteroatoms. The van der Waals surface area contributed by atoms with E-state index in [4.69, 9.17) is 0 Å². The van der Waals surface area contributed by atoms with E-state index < -0.39 is 9.84 Å². The first-order chi connectivity index (χ1) is 8.62. The number of hydrogen-bond acceptors (Lipinski definition) is 5. The topological polar surface area (TPSA) is 72.0 Å². The predicted octanol–water partition coefficient (Wildman–Crippen LogP) is 1.23. The van der Waals surface area contributed by atoms with Crippen LogP contribution in [0, 0.1) is 0 Å². The van der Waals surface area contributed by atoms with Gasteiger partial charge >= 0.3 is 0 Å². The van der Waals surface area contributed by atoms with Crippen LogP contribution < -0.4 is 5.32 Å². The maximum absolute atomic E-state index is 11.4. The summed E-state index contributed by atoms with van der Waals surface area (Å²) in [5.74, 6) is 1.07. The normalized spacial score (nSPS) is 22.1. The van der Waals surface area contributed by atoms with E-state index in [-0.39, 0.29) is 17.5 Å². The molecule has 1 N–H and O–H groups in total. The van der Waals surface area contributed by atoms with Crippen LogP contribution in [0.2, 0.25) is 0 Å². The van der Waals surface area contributed by atoms with Crippen LogP contribution in [0.1, 0.15) is 6.42 Å². The first-order valence-electron chi connectivity index (χ1n) is 5.81. The molecular formula is C12H13N3O2S. The van der Waals surface area contributed by atoms with Gasteiger partial charge in [0.1, 0.15) is 5.82 Å². The fourth-order valence-corrected chi connectivity index (χ4v) is 3.82. The van der Waals surface area contributed by atoms with Crippen LogP contribution in [0.25, 0.3) is 11.0 Å². The third-order valence-corrected chi connectivity index (χ3v) is 4.80. The summed E-state index contributed by atoms with van der Waals surface area (Å²) in [5.41, 5.74) is 1.64. The van der Waals surface area contributed by atoms with Crippen LogP contribution in [0.15, 0.2) is 30.5 Å². The molecule has 1 aliphatic heterocycles. The Morgan fingerprint density at radius 3 is 2.72 bits per heavy atom. The van der Waals surface area contributed by atoms with Gasteiger partial charge in [0, 0.05) is 6.04 Å². The van der Waals surface area contributed by atoms with Crippen LogP contribution in [0.3, 0.4) is 0 Å². The summed E-state index contributed by atoms with van der Waals surface area (Å²) in [4.78, 5) is 8.70. The molecule has 0 aliphatic carbocycles. The number of aromatic nitrogens is 2. The van der Waals surface area contributed by atoms with Crippen molar-refractivity contribution in [3.05, 3.63) is 30.5 Å². The summed E-state index contributed by atoms with van der Waals surface area (Å²) < 4.78 is 22.7. The second kappa shape index (κ2) is 4.20. The van der Waals surface area contributed by atoms with E-state index in [2.05, 4.69) is 15.3 Å². The van der Waals surface area contributed by atoms with Crippen molar-refractivity contribution in [3.8, 4) is 0 Å². The highest BCUT2D eigenvalue weighted by atomic mass is 32.2. The minimum absolute atomic E-state index is 0.0505. The number of fused-ring (bicyclic) bond motifs is 1. The van der Waals surface area contributed by atoms with Gasteiger partial charge in [-0.3, -0.25) is 4.98 Å². The van der Waals surface area contributed by atoms with Gasteiger partial charge in [0.2, 0.25) is 0 Å². The summed E-state index contributed by atoms with van der Waals surface area (Å²) in [6, 6.07) is 7.55. The van der Waals surface area contributed by atoms with Crippen LogP contribution in [-0.4, -0.2) is 35.9 Å². The van der Waals surface area contributed by atoms with E-state index in [1.807, 2.05) is 24.3 Å². The number of anilines is 1. The molecule has 0 radical (unpaired) electrons. The number of nitrogens with zero attached hydrogens (tertiary/aromatic N) is 2. The monoisotopic (exact) mass is 263 g/mol. The summed E-state index contributed by atoms with van der Waals surface area (Å²) in [5, 5.41) is 3.14. The average Bonchev–Trinajstić information content (AvgIpc) is 2.68. The highest BCUT2D eigenvalue weighted by molar-refractivity contribution is 7.91. The highest BCUT2D eigenvalue weighted by Gasteiger charge is 2.27. The Bertz CT molecular complexity index is 685. The minimum Gasteiger partial charge on any atom is -0.365 e. The van der Waals surface area contributed by atoms with Gasteiger partial charge in [-0.2, -0.15) is 0 Å². The number of para-hydroxylation sites is 2. The van der Waals surface area contributed by atoms with E-state index in [9.17, 15) is 8.42 Å². The average molecular weight is 263 g/mol. The van der Waals surface area contributed by atoms with E-state index >= 15 is 0 Å². The van der Waals surface area contributed by atoms with Crippen molar-refractivity contribution < 1.29 is 8.42 Å². The number of hydrogen-bond donors (Lipinski definition) is 1. The quantitative estimate of drug-likeness (QED) is 0.882. The lowest BCUT2D eigenvalue weighted by molar-refractivity contribution is 0.602. The van der Waals surface area contributed by atoms with Gasteiger partial charge in [-0.05, 0) is 18.6 Å². The molecular weight excluding hydrogens is 250 g/mol. The van der Waals surface area contributed by atoms with Gasteiger partial charge < -0.3 is 5.32 Å². The van der Waals surface area contributed by atoms with Crippen LogP contribution in [-0.2, 0) is 9.84 Å². The van der Waals surface area contributed by atoms with Crippen LogP contribution >= 0.6 is 0 Å². The molecule has 0 amide bonds. The van der Waals surface area contributed by atoms with Crippen molar-refractivity contribution >= 4 is 26.7 Å². The second-order valence-electron chi connectivity index (χ2n) is 4.49. The summed E-state index contributed by atoms with van der Waals surface area (Å²) in [6.45, 7) is 0. The maximum atomic E-state index is 11.4.